The summed E-state index contributed by atoms with van der Waals surface area (Å²) in [6.45, 7) is 3.45. The van der Waals surface area contributed by atoms with Gasteiger partial charge in [-0.1, -0.05) is 12.1 Å². The lowest BCUT2D eigenvalue weighted by Crippen LogP contribution is -2.49. The van der Waals surface area contributed by atoms with Crippen molar-refractivity contribution in [1.29, 1.82) is 0 Å². The van der Waals surface area contributed by atoms with Gasteiger partial charge in [0.1, 0.15) is 6.54 Å². The number of fused-ring (bicyclic) bond motifs is 1. The van der Waals surface area contributed by atoms with Crippen molar-refractivity contribution in [3.63, 3.8) is 0 Å². The molecule has 3 rings (SSSR count). The van der Waals surface area contributed by atoms with E-state index in [0.29, 0.717) is 10.9 Å². The normalized spacial score (nSPS) is 20.2. The minimum atomic E-state index is -0.630. The van der Waals surface area contributed by atoms with Gasteiger partial charge in [0.15, 0.2) is 6.61 Å². The summed E-state index contributed by atoms with van der Waals surface area (Å²) in [6.07, 6.45) is 4.34. The quantitative estimate of drug-likeness (QED) is 0.779. The molecule has 0 unspecified atom stereocenters. The Hall–Kier alpha value is -2.70. The summed E-state index contributed by atoms with van der Waals surface area (Å²) in [4.78, 5) is 42.8. The molecule has 0 radical (unpaired) electrons. The number of rotatable bonds is 4. The van der Waals surface area contributed by atoms with Crippen LogP contribution in [0.2, 0.25) is 0 Å². The summed E-state index contributed by atoms with van der Waals surface area (Å²) in [6, 6.07) is 7.23. The minimum Gasteiger partial charge on any atom is -0.454 e. The van der Waals surface area contributed by atoms with Gasteiger partial charge in [-0.3, -0.25) is 19.0 Å². The molecule has 2 aromatic rings. The van der Waals surface area contributed by atoms with Crippen LogP contribution >= 0.6 is 0 Å². The van der Waals surface area contributed by atoms with E-state index in [4.69, 9.17) is 4.74 Å². The molecule has 1 amide bonds. The second kappa shape index (κ2) is 7.68. The molecule has 1 aromatic heterocycles. The fourth-order valence-corrected chi connectivity index (χ4v) is 3.53. The lowest BCUT2D eigenvalue weighted by atomic mass is 9.97. The third kappa shape index (κ3) is 3.76. The monoisotopic (exact) mass is 357 g/mol. The van der Waals surface area contributed by atoms with E-state index in [1.807, 2.05) is 13.8 Å². The highest BCUT2D eigenvalue weighted by Gasteiger charge is 2.29. The fraction of sp³-hybridized carbons (Fsp3) is 0.474. The number of hydrogen-bond acceptors (Lipinski definition) is 5. The molecule has 1 aromatic carbocycles. The van der Waals surface area contributed by atoms with Crippen LogP contribution in [-0.2, 0) is 20.9 Å². The van der Waals surface area contributed by atoms with Crippen molar-refractivity contribution in [1.82, 2.24) is 14.5 Å². The Bertz CT molecular complexity index is 866. The van der Waals surface area contributed by atoms with Gasteiger partial charge < -0.3 is 9.64 Å². The Morgan fingerprint density at radius 1 is 1.19 bits per heavy atom. The largest absolute Gasteiger partial charge is 0.454 e. The highest BCUT2D eigenvalue weighted by Crippen LogP contribution is 2.22. The topological polar surface area (TPSA) is 81.5 Å². The zero-order valence-electron chi connectivity index (χ0n) is 15.1. The van der Waals surface area contributed by atoms with E-state index in [1.165, 1.54) is 10.9 Å². The molecule has 2 atom stereocenters. The minimum absolute atomic E-state index is 0.150. The number of amides is 1. The van der Waals surface area contributed by atoms with Crippen molar-refractivity contribution in [2.75, 3.05) is 6.61 Å². The smallest absolute Gasteiger partial charge is 0.326 e. The first-order chi connectivity index (χ1) is 12.5. The predicted octanol–water partition coefficient (Wildman–Crippen LogP) is 1.73. The van der Waals surface area contributed by atoms with Gasteiger partial charge in [-0.2, -0.15) is 0 Å². The van der Waals surface area contributed by atoms with Gasteiger partial charge in [-0.05, 0) is 45.2 Å². The maximum Gasteiger partial charge on any atom is 0.326 e. The fourth-order valence-electron chi connectivity index (χ4n) is 3.53. The Balaban J connectivity index is 1.62. The van der Waals surface area contributed by atoms with Crippen LogP contribution in [-0.4, -0.2) is 45.0 Å². The van der Waals surface area contributed by atoms with Crippen molar-refractivity contribution in [3.8, 4) is 0 Å². The van der Waals surface area contributed by atoms with Crippen LogP contribution in [0.3, 0.4) is 0 Å². The summed E-state index contributed by atoms with van der Waals surface area (Å²) in [5.74, 6) is -0.822. The van der Waals surface area contributed by atoms with E-state index < -0.39 is 5.97 Å². The number of nitrogens with zero attached hydrogens (tertiary/aromatic N) is 3. The molecule has 0 aliphatic carbocycles. The molecule has 7 heteroatoms. The molecule has 26 heavy (non-hydrogen) atoms. The maximum atomic E-state index is 12.4. The summed E-state index contributed by atoms with van der Waals surface area (Å²) in [5.41, 5.74) is 0.266. The van der Waals surface area contributed by atoms with Crippen LogP contribution in [0.1, 0.15) is 33.1 Å². The van der Waals surface area contributed by atoms with Crippen molar-refractivity contribution < 1.29 is 14.3 Å². The summed E-state index contributed by atoms with van der Waals surface area (Å²) < 4.78 is 6.30. The first-order valence-corrected chi connectivity index (χ1v) is 8.88. The molecule has 0 spiro atoms. The van der Waals surface area contributed by atoms with Gasteiger partial charge in [0.2, 0.25) is 0 Å². The average molecular weight is 357 g/mol. The summed E-state index contributed by atoms with van der Waals surface area (Å²) >= 11 is 0. The lowest BCUT2D eigenvalue weighted by molar-refractivity contribution is -0.155. The predicted molar refractivity (Wildman–Crippen MR) is 96.6 cm³/mol. The molecule has 7 nitrogen and oxygen atoms in total. The van der Waals surface area contributed by atoms with Gasteiger partial charge in [0.25, 0.3) is 11.5 Å². The molecule has 1 aliphatic rings. The van der Waals surface area contributed by atoms with Crippen molar-refractivity contribution in [2.45, 2.75) is 51.7 Å². The van der Waals surface area contributed by atoms with Crippen LogP contribution in [0.15, 0.2) is 35.4 Å². The Labute approximate surface area is 151 Å². The van der Waals surface area contributed by atoms with Crippen molar-refractivity contribution >= 4 is 22.8 Å². The zero-order chi connectivity index (χ0) is 18.7. The highest BCUT2D eigenvalue weighted by molar-refractivity contribution is 5.81. The average Bonchev–Trinajstić information content (AvgIpc) is 2.62. The second-order valence-electron chi connectivity index (χ2n) is 6.79. The molecule has 1 fully saturated rings. The SMILES string of the molecule is C[C@@H]1CCC[C@H](C)N1C(=O)COC(=O)Cn1cnc2ccccc2c1=O. The van der Waals surface area contributed by atoms with Gasteiger partial charge >= 0.3 is 5.97 Å². The first-order valence-electron chi connectivity index (χ1n) is 8.88. The van der Waals surface area contributed by atoms with Crippen LogP contribution in [0, 0.1) is 0 Å². The van der Waals surface area contributed by atoms with Crippen molar-refractivity contribution in [3.05, 3.63) is 40.9 Å². The van der Waals surface area contributed by atoms with Gasteiger partial charge in [0, 0.05) is 12.1 Å². The number of benzene rings is 1. The molecule has 0 bridgehead atoms. The molecular formula is C19H23N3O4. The number of carbonyl (C=O) groups excluding carboxylic acids is 2. The standard InChI is InChI=1S/C19H23N3O4/c1-13-6-5-7-14(2)22(13)17(23)11-26-18(24)10-21-12-20-16-9-4-3-8-15(16)19(21)25/h3-4,8-9,12-14H,5-7,10-11H2,1-2H3/t13-,14+. The molecule has 1 saturated heterocycles. The van der Waals surface area contributed by atoms with E-state index in [2.05, 4.69) is 4.98 Å². The lowest BCUT2D eigenvalue weighted by Gasteiger charge is -2.38. The molecule has 0 saturated carbocycles. The van der Waals surface area contributed by atoms with Crippen LogP contribution in [0.4, 0.5) is 0 Å². The molecule has 2 heterocycles. The Morgan fingerprint density at radius 2 is 1.88 bits per heavy atom. The Kier molecular flexibility index (Phi) is 5.35. The maximum absolute atomic E-state index is 12.4. The number of likely N-dealkylation sites (tertiary alicyclic amines) is 1. The number of aromatic nitrogens is 2. The molecule has 138 valence electrons. The number of piperidine rings is 1. The molecule has 0 N–H and O–H groups in total. The summed E-state index contributed by atoms with van der Waals surface area (Å²) in [7, 11) is 0. The number of carbonyl (C=O) groups is 2. The molecular weight excluding hydrogens is 334 g/mol. The van der Waals surface area contributed by atoms with Gasteiger partial charge in [0.05, 0.1) is 17.2 Å². The van der Waals surface area contributed by atoms with Crippen molar-refractivity contribution in [2.24, 2.45) is 0 Å². The van der Waals surface area contributed by atoms with E-state index >= 15 is 0 Å². The zero-order valence-corrected chi connectivity index (χ0v) is 15.1. The number of hydrogen-bond donors (Lipinski definition) is 0. The van der Waals surface area contributed by atoms with E-state index in [0.717, 1.165) is 19.3 Å². The highest BCUT2D eigenvalue weighted by atomic mass is 16.5. The number of para-hydroxylation sites is 1. The van der Waals surface area contributed by atoms with Crippen LogP contribution in [0.25, 0.3) is 10.9 Å². The van der Waals surface area contributed by atoms with Gasteiger partial charge in [-0.15, -0.1) is 0 Å². The first kappa shape index (κ1) is 18.1. The third-order valence-corrected chi connectivity index (χ3v) is 4.87. The molecule has 1 aliphatic heterocycles. The van der Waals surface area contributed by atoms with E-state index in [-0.39, 0.29) is 36.7 Å². The van der Waals surface area contributed by atoms with E-state index in [9.17, 15) is 14.4 Å². The van der Waals surface area contributed by atoms with E-state index in [1.54, 1.807) is 29.2 Å². The van der Waals surface area contributed by atoms with Crippen LogP contribution in [0.5, 0.6) is 0 Å². The third-order valence-electron chi connectivity index (χ3n) is 4.87. The summed E-state index contributed by atoms with van der Waals surface area (Å²) in [5, 5.41) is 0.440. The second-order valence-corrected chi connectivity index (χ2v) is 6.79. The van der Waals surface area contributed by atoms with Crippen LogP contribution < -0.4 is 5.56 Å². The van der Waals surface area contributed by atoms with Gasteiger partial charge in [-0.25, -0.2) is 4.98 Å². The number of esters is 1. The Morgan fingerprint density at radius 3 is 2.62 bits per heavy atom. The number of ether oxygens (including phenoxy) is 1.